The number of benzene rings is 1. The van der Waals surface area contributed by atoms with Crippen molar-refractivity contribution in [2.75, 3.05) is 12.3 Å². The molecule has 1 atom stereocenters. The molecule has 0 bridgehead atoms. The number of halogens is 1. The number of hydrogen-bond donors (Lipinski definition) is 1. The molecule has 0 spiro atoms. The zero-order valence-corrected chi connectivity index (χ0v) is 10.9. The largest absolute Gasteiger partial charge is 0.313 e. The molecule has 3 heteroatoms. The van der Waals surface area contributed by atoms with E-state index >= 15 is 0 Å². The Morgan fingerprint density at radius 3 is 2.60 bits per heavy atom. The van der Waals surface area contributed by atoms with E-state index in [0.29, 0.717) is 6.04 Å². The van der Waals surface area contributed by atoms with E-state index in [4.69, 9.17) is 11.6 Å². The van der Waals surface area contributed by atoms with Gasteiger partial charge in [0.15, 0.2) is 0 Å². The summed E-state index contributed by atoms with van der Waals surface area (Å²) in [7, 11) is 0. The predicted octanol–water partition coefficient (Wildman–Crippen LogP) is 3.82. The van der Waals surface area contributed by atoms with Crippen LogP contribution in [0.4, 0.5) is 0 Å². The molecule has 1 N–H and O–H groups in total. The second-order valence-electron chi connectivity index (χ2n) is 3.57. The fourth-order valence-corrected chi connectivity index (χ4v) is 2.06. The molecule has 1 aromatic carbocycles. The maximum Gasteiger partial charge on any atom is 0.0406 e. The van der Waals surface area contributed by atoms with Crippen molar-refractivity contribution in [1.82, 2.24) is 5.32 Å². The van der Waals surface area contributed by atoms with Crippen molar-refractivity contribution in [3.63, 3.8) is 0 Å². The summed E-state index contributed by atoms with van der Waals surface area (Å²) in [5.74, 6) is 1.10. The van der Waals surface area contributed by atoms with Crippen molar-refractivity contribution < 1.29 is 0 Å². The Labute approximate surface area is 102 Å². The number of nitrogens with one attached hydrogen (secondary N) is 1. The highest BCUT2D eigenvalue weighted by Gasteiger charge is 1.97. The molecule has 0 aromatic heterocycles. The van der Waals surface area contributed by atoms with Crippen molar-refractivity contribution in [1.29, 1.82) is 0 Å². The Morgan fingerprint density at radius 2 is 2.00 bits per heavy atom. The Kier molecular flexibility index (Phi) is 6.15. The molecule has 0 aliphatic carbocycles. The van der Waals surface area contributed by atoms with E-state index in [1.165, 1.54) is 11.3 Å². The van der Waals surface area contributed by atoms with Gasteiger partial charge in [-0.05, 0) is 37.6 Å². The Balaban J connectivity index is 2.17. The van der Waals surface area contributed by atoms with Gasteiger partial charge in [0, 0.05) is 28.3 Å². The highest BCUT2D eigenvalue weighted by Crippen LogP contribution is 2.19. The fraction of sp³-hybridized carbons (Fsp3) is 0.500. The molecular weight excluding hydrogens is 226 g/mol. The van der Waals surface area contributed by atoms with Gasteiger partial charge in [-0.3, -0.25) is 0 Å². The molecule has 1 nitrogen and oxygen atoms in total. The van der Waals surface area contributed by atoms with Crippen LogP contribution in [0.25, 0.3) is 0 Å². The zero-order valence-electron chi connectivity index (χ0n) is 9.29. The average molecular weight is 244 g/mol. The lowest BCUT2D eigenvalue weighted by Gasteiger charge is -2.10. The van der Waals surface area contributed by atoms with Crippen LogP contribution in [0, 0.1) is 0 Å². The first-order chi connectivity index (χ1) is 7.22. The molecule has 1 rings (SSSR count). The van der Waals surface area contributed by atoms with E-state index < -0.39 is 0 Å². The van der Waals surface area contributed by atoms with Crippen LogP contribution in [0.5, 0.6) is 0 Å². The first kappa shape index (κ1) is 12.9. The fourth-order valence-electron chi connectivity index (χ4n) is 1.15. The highest BCUT2D eigenvalue weighted by atomic mass is 35.5. The van der Waals surface area contributed by atoms with E-state index in [1.807, 2.05) is 23.9 Å². The van der Waals surface area contributed by atoms with Crippen LogP contribution >= 0.6 is 23.4 Å². The molecule has 1 aromatic rings. The van der Waals surface area contributed by atoms with Crippen LogP contribution in [0.2, 0.25) is 5.02 Å². The Hall–Kier alpha value is -0.180. The second-order valence-corrected chi connectivity index (χ2v) is 5.17. The summed E-state index contributed by atoms with van der Waals surface area (Å²) in [6.45, 7) is 5.47. The molecule has 0 aliphatic heterocycles. The standard InChI is InChI=1S/C12H18ClNS/c1-3-10(2)14-8-9-15-12-6-4-11(13)5-7-12/h4-7,10,14H,3,8-9H2,1-2H3. The van der Waals surface area contributed by atoms with Crippen molar-refractivity contribution in [3.05, 3.63) is 29.3 Å². The van der Waals surface area contributed by atoms with Crippen LogP contribution in [0.15, 0.2) is 29.2 Å². The summed E-state index contributed by atoms with van der Waals surface area (Å²) >= 11 is 7.67. The van der Waals surface area contributed by atoms with E-state index in [0.717, 1.165) is 17.3 Å². The lowest BCUT2D eigenvalue weighted by molar-refractivity contribution is 0.555. The van der Waals surface area contributed by atoms with Crippen LogP contribution in [-0.4, -0.2) is 18.3 Å². The Bertz CT molecular complexity index is 273. The molecule has 0 aliphatic rings. The molecule has 0 radical (unpaired) electrons. The SMILES string of the molecule is CCC(C)NCCSc1ccc(Cl)cc1. The molecule has 0 saturated carbocycles. The van der Waals surface area contributed by atoms with Gasteiger partial charge in [-0.25, -0.2) is 0 Å². The molecular formula is C12H18ClNS. The molecule has 0 saturated heterocycles. The third-order valence-electron chi connectivity index (χ3n) is 2.29. The molecule has 84 valence electrons. The topological polar surface area (TPSA) is 12.0 Å². The average Bonchev–Trinajstić information content (AvgIpc) is 2.26. The molecule has 0 heterocycles. The minimum Gasteiger partial charge on any atom is -0.313 e. The van der Waals surface area contributed by atoms with Gasteiger partial charge in [-0.2, -0.15) is 0 Å². The summed E-state index contributed by atoms with van der Waals surface area (Å²) in [4.78, 5) is 1.28. The Morgan fingerprint density at radius 1 is 1.33 bits per heavy atom. The third kappa shape index (κ3) is 5.45. The smallest absolute Gasteiger partial charge is 0.0406 e. The first-order valence-corrected chi connectivity index (χ1v) is 6.70. The predicted molar refractivity (Wildman–Crippen MR) is 69.9 cm³/mol. The van der Waals surface area contributed by atoms with E-state index in [9.17, 15) is 0 Å². The van der Waals surface area contributed by atoms with Crippen molar-refractivity contribution in [2.45, 2.75) is 31.2 Å². The molecule has 15 heavy (non-hydrogen) atoms. The summed E-state index contributed by atoms with van der Waals surface area (Å²) in [5, 5.41) is 4.27. The molecule has 0 amide bonds. The lowest BCUT2D eigenvalue weighted by atomic mass is 10.3. The van der Waals surface area contributed by atoms with Gasteiger partial charge < -0.3 is 5.32 Å². The van der Waals surface area contributed by atoms with E-state index in [-0.39, 0.29) is 0 Å². The van der Waals surface area contributed by atoms with Crippen molar-refractivity contribution >= 4 is 23.4 Å². The van der Waals surface area contributed by atoms with Gasteiger partial charge in [0.05, 0.1) is 0 Å². The summed E-state index contributed by atoms with van der Waals surface area (Å²) in [5.41, 5.74) is 0. The minimum atomic E-state index is 0.621. The highest BCUT2D eigenvalue weighted by molar-refractivity contribution is 7.99. The minimum absolute atomic E-state index is 0.621. The summed E-state index contributed by atoms with van der Waals surface area (Å²) in [6.07, 6.45) is 1.19. The third-order valence-corrected chi connectivity index (χ3v) is 3.56. The monoisotopic (exact) mass is 243 g/mol. The van der Waals surface area contributed by atoms with Crippen LogP contribution < -0.4 is 5.32 Å². The molecule has 0 fully saturated rings. The van der Waals surface area contributed by atoms with Crippen LogP contribution in [0.3, 0.4) is 0 Å². The van der Waals surface area contributed by atoms with E-state index in [1.54, 1.807) is 0 Å². The zero-order chi connectivity index (χ0) is 11.1. The number of thioether (sulfide) groups is 1. The van der Waals surface area contributed by atoms with Crippen molar-refractivity contribution in [3.8, 4) is 0 Å². The van der Waals surface area contributed by atoms with Gasteiger partial charge in [-0.15, -0.1) is 11.8 Å². The maximum atomic E-state index is 5.81. The molecule has 1 unspecified atom stereocenters. The van der Waals surface area contributed by atoms with E-state index in [2.05, 4.69) is 31.3 Å². The quantitative estimate of drug-likeness (QED) is 0.602. The number of hydrogen-bond acceptors (Lipinski definition) is 2. The number of rotatable bonds is 6. The van der Waals surface area contributed by atoms with Crippen LogP contribution in [0.1, 0.15) is 20.3 Å². The second kappa shape index (κ2) is 7.15. The van der Waals surface area contributed by atoms with Gasteiger partial charge in [0.2, 0.25) is 0 Å². The summed E-state index contributed by atoms with van der Waals surface area (Å²) in [6, 6.07) is 8.63. The normalized spacial score (nSPS) is 12.7. The van der Waals surface area contributed by atoms with Gasteiger partial charge in [-0.1, -0.05) is 18.5 Å². The summed E-state index contributed by atoms with van der Waals surface area (Å²) < 4.78 is 0. The lowest BCUT2D eigenvalue weighted by Crippen LogP contribution is -2.27. The van der Waals surface area contributed by atoms with Gasteiger partial charge in [0.1, 0.15) is 0 Å². The van der Waals surface area contributed by atoms with Gasteiger partial charge >= 0.3 is 0 Å². The maximum absolute atomic E-state index is 5.81. The van der Waals surface area contributed by atoms with Crippen LogP contribution in [-0.2, 0) is 0 Å². The van der Waals surface area contributed by atoms with Gasteiger partial charge in [0.25, 0.3) is 0 Å². The first-order valence-electron chi connectivity index (χ1n) is 5.34. The van der Waals surface area contributed by atoms with Crippen molar-refractivity contribution in [2.24, 2.45) is 0 Å².